The Balaban J connectivity index is 2.01. The van der Waals surface area contributed by atoms with E-state index in [9.17, 15) is 4.39 Å². The smallest absolute Gasteiger partial charge is 0.123 e. The van der Waals surface area contributed by atoms with Crippen LogP contribution >= 0.6 is 0 Å². The van der Waals surface area contributed by atoms with Crippen molar-refractivity contribution in [1.29, 1.82) is 0 Å². The predicted molar refractivity (Wildman–Crippen MR) is 74.5 cm³/mol. The summed E-state index contributed by atoms with van der Waals surface area (Å²) in [5.41, 5.74) is 3.27. The number of halogens is 1. The summed E-state index contributed by atoms with van der Waals surface area (Å²) in [6.45, 7) is 0.692. The molecule has 0 radical (unpaired) electrons. The molecule has 2 rings (SSSR count). The van der Waals surface area contributed by atoms with Crippen LogP contribution < -0.4 is 10.2 Å². The highest BCUT2D eigenvalue weighted by atomic mass is 19.1. The SMILES string of the molecule is CN(C)c1cccc(NCc2ccc(F)cc2)c1. The monoisotopic (exact) mass is 244 g/mol. The summed E-state index contributed by atoms with van der Waals surface area (Å²) in [6.07, 6.45) is 0. The zero-order valence-corrected chi connectivity index (χ0v) is 10.7. The van der Waals surface area contributed by atoms with Crippen molar-refractivity contribution in [3.05, 3.63) is 59.9 Å². The number of nitrogens with one attached hydrogen (secondary N) is 1. The molecule has 2 aromatic carbocycles. The van der Waals surface area contributed by atoms with E-state index in [-0.39, 0.29) is 5.82 Å². The fourth-order valence-corrected chi connectivity index (χ4v) is 1.70. The van der Waals surface area contributed by atoms with Gasteiger partial charge in [0, 0.05) is 32.0 Å². The average molecular weight is 244 g/mol. The maximum absolute atomic E-state index is 12.8. The van der Waals surface area contributed by atoms with Crippen molar-refractivity contribution in [3.8, 4) is 0 Å². The van der Waals surface area contributed by atoms with Gasteiger partial charge in [0.25, 0.3) is 0 Å². The first-order chi connectivity index (χ1) is 8.65. The summed E-state index contributed by atoms with van der Waals surface area (Å²) < 4.78 is 12.8. The van der Waals surface area contributed by atoms with Crippen molar-refractivity contribution < 1.29 is 4.39 Å². The normalized spacial score (nSPS) is 10.2. The largest absolute Gasteiger partial charge is 0.381 e. The van der Waals surface area contributed by atoms with Crippen molar-refractivity contribution in [2.45, 2.75) is 6.54 Å². The number of nitrogens with zero attached hydrogens (tertiary/aromatic N) is 1. The summed E-state index contributed by atoms with van der Waals surface area (Å²) in [6, 6.07) is 14.7. The first kappa shape index (κ1) is 12.4. The molecule has 0 saturated carbocycles. The van der Waals surface area contributed by atoms with E-state index in [4.69, 9.17) is 0 Å². The molecule has 0 heterocycles. The summed E-state index contributed by atoms with van der Waals surface area (Å²) in [5.74, 6) is -0.201. The first-order valence-electron chi connectivity index (χ1n) is 5.91. The first-order valence-corrected chi connectivity index (χ1v) is 5.91. The van der Waals surface area contributed by atoms with Crippen LogP contribution in [0.3, 0.4) is 0 Å². The van der Waals surface area contributed by atoms with Crippen LogP contribution in [-0.2, 0) is 6.54 Å². The Morgan fingerprint density at radius 1 is 1.06 bits per heavy atom. The molecule has 3 heteroatoms. The van der Waals surface area contributed by atoms with Gasteiger partial charge in [0.05, 0.1) is 0 Å². The Morgan fingerprint density at radius 3 is 2.44 bits per heavy atom. The van der Waals surface area contributed by atoms with E-state index >= 15 is 0 Å². The molecule has 0 atom stereocenters. The van der Waals surface area contributed by atoms with Crippen LogP contribution in [0.25, 0.3) is 0 Å². The van der Waals surface area contributed by atoms with Gasteiger partial charge in [-0.25, -0.2) is 4.39 Å². The van der Waals surface area contributed by atoms with E-state index in [1.54, 1.807) is 12.1 Å². The second kappa shape index (κ2) is 5.54. The molecule has 2 nitrogen and oxygen atoms in total. The van der Waals surface area contributed by atoms with E-state index in [1.165, 1.54) is 12.1 Å². The van der Waals surface area contributed by atoms with Crippen molar-refractivity contribution in [2.75, 3.05) is 24.3 Å². The van der Waals surface area contributed by atoms with Gasteiger partial charge < -0.3 is 10.2 Å². The summed E-state index contributed by atoms with van der Waals surface area (Å²) in [5, 5.41) is 3.33. The van der Waals surface area contributed by atoms with Gasteiger partial charge >= 0.3 is 0 Å². The summed E-state index contributed by atoms with van der Waals surface area (Å²) in [7, 11) is 4.03. The molecule has 2 aromatic rings. The summed E-state index contributed by atoms with van der Waals surface area (Å²) in [4.78, 5) is 2.06. The van der Waals surface area contributed by atoms with Crippen LogP contribution in [0.5, 0.6) is 0 Å². The van der Waals surface area contributed by atoms with E-state index in [0.29, 0.717) is 6.54 Å². The van der Waals surface area contributed by atoms with Crippen LogP contribution in [0.2, 0.25) is 0 Å². The Labute approximate surface area is 107 Å². The second-order valence-corrected chi connectivity index (χ2v) is 4.42. The van der Waals surface area contributed by atoms with Gasteiger partial charge in [-0.3, -0.25) is 0 Å². The maximum Gasteiger partial charge on any atom is 0.123 e. The molecule has 0 fully saturated rings. The Hall–Kier alpha value is -2.03. The highest BCUT2D eigenvalue weighted by Crippen LogP contribution is 2.18. The third-order valence-electron chi connectivity index (χ3n) is 2.77. The van der Waals surface area contributed by atoms with Crippen LogP contribution in [-0.4, -0.2) is 14.1 Å². The Kier molecular flexibility index (Phi) is 3.82. The van der Waals surface area contributed by atoms with Gasteiger partial charge in [-0.2, -0.15) is 0 Å². The lowest BCUT2D eigenvalue weighted by Gasteiger charge is -2.14. The highest BCUT2D eigenvalue weighted by Gasteiger charge is 1.98. The van der Waals surface area contributed by atoms with E-state index in [1.807, 2.05) is 26.2 Å². The van der Waals surface area contributed by atoms with Crippen LogP contribution in [0.1, 0.15) is 5.56 Å². The van der Waals surface area contributed by atoms with Gasteiger partial charge in [-0.15, -0.1) is 0 Å². The lowest BCUT2D eigenvalue weighted by molar-refractivity contribution is 0.627. The molecule has 0 saturated heterocycles. The van der Waals surface area contributed by atoms with Gasteiger partial charge in [0.2, 0.25) is 0 Å². The number of anilines is 2. The lowest BCUT2D eigenvalue weighted by atomic mass is 10.2. The molecule has 0 aromatic heterocycles. The third kappa shape index (κ3) is 3.23. The number of rotatable bonds is 4. The van der Waals surface area contributed by atoms with Crippen LogP contribution in [0.15, 0.2) is 48.5 Å². The van der Waals surface area contributed by atoms with Crippen molar-refractivity contribution >= 4 is 11.4 Å². The van der Waals surface area contributed by atoms with E-state index in [0.717, 1.165) is 16.9 Å². The van der Waals surface area contributed by atoms with Gasteiger partial charge in [0.1, 0.15) is 5.82 Å². The maximum atomic E-state index is 12.8. The molecule has 94 valence electrons. The van der Waals surface area contributed by atoms with Gasteiger partial charge in [0.15, 0.2) is 0 Å². The lowest BCUT2D eigenvalue weighted by Crippen LogP contribution is -2.09. The third-order valence-corrected chi connectivity index (χ3v) is 2.77. The molecule has 0 aliphatic heterocycles. The molecular weight excluding hydrogens is 227 g/mol. The minimum atomic E-state index is -0.201. The molecular formula is C15H17FN2. The fraction of sp³-hybridized carbons (Fsp3) is 0.200. The van der Waals surface area contributed by atoms with Crippen LogP contribution in [0, 0.1) is 5.82 Å². The van der Waals surface area contributed by atoms with Crippen molar-refractivity contribution in [3.63, 3.8) is 0 Å². The van der Waals surface area contributed by atoms with Crippen molar-refractivity contribution in [2.24, 2.45) is 0 Å². The Morgan fingerprint density at radius 2 is 1.78 bits per heavy atom. The zero-order chi connectivity index (χ0) is 13.0. The number of hydrogen-bond donors (Lipinski definition) is 1. The van der Waals surface area contributed by atoms with Gasteiger partial charge in [-0.1, -0.05) is 18.2 Å². The standard InChI is InChI=1S/C15H17FN2/c1-18(2)15-5-3-4-14(10-15)17-11-12-6-8-13(16)9-7-12/h3-10,17H,11H2,1-2H3. The Bertz CT molecular complexity index is 506. The summed E-state index contributed by atoms with van der Waals surface area (Å²) >= 11 is 0. The average Bonchev–Trinajstić information content (AvgIpc) is 2.38. The second-order valence-electron chi connectivity index (χ2n) is 4.42. The molecule has 0 aliphatic carbocycles. The van der Waals surface area contributed by atoms with Crippen LogP contribution in [0.4, 0.5) is 15.8 Å². The zero-order valence-electron chi connectivity index (χ0n) is 10.7. The molecule has 0 aliphatic rings. The number of benzene rings is 2. The minimum Gasteiger partial charge on any atom is -0.381 e. The molecule has 0 unspecified atom stereocenters. The number of hydrogen-bond acceptors (Lipinski definition) is 2. The minimum absolute atomic E-state index is 0.201. The molecule has 0 bridgehead atoms. The van der Waals surface area contributed by atoms with Gasteiger partial charge in [-0.05, 0) is 35.9 Å². The highest BCUT2D eigenvalue weighted by molar-refractivity contribution is 5.57. The van der Waals surface area contributed by atoms with Crippen molar-refractivity contribution in [1.82, 2.24) is 0 Å². The molecule has 0 amide bonds. The van der Waals surface area contributed by atoms with E-state index < -0.39 is 0 Å². The fourth-order valence-electron chi connectivity index (χ4n) is 1.70. The van der Waals surface area contributed by atoms with E-state index in [2.05, 4.69) is 22.3 Å². The predicted octanol–water partition coefficient (Wildman–Crippen LogP) is 3.50. The topological polar surface area (TPSA) is 15.3 Å². The molecule has 18 heavy (non-hydrogen) atoms. The molecule has 0 spiro atoms. The molecule has 1 N–H and O–H groups in total. The quantitative estimate of drug-likeness (QED) is 0.885.